The highest BCUT2D eigenvalue weighted by Gasteiger charge is 2.31. The molecule has 0 aliphatic carbocycles. The molecule has 3 heterocycles. The molecule has 1 fully saturated rings. The number of benzene rings is 1. The summed E-state index contributed by atoms with van der Waals surface area (Å²) in [5.74, 6) is 1.56. The van der Waals surface area contributed by atoms with Crippen LogP contribution in [0.25, 0.3) is 11.0 Å². The first-order valence-corrected chi connectivity index (χ1v) is 9.18. The van der Waals surface area contributed by atoms with Crippen LogP contribution in [0.5, 0.6) is 0 Å². The number of hydrogen-bond acceptors (Lipinski definition) is 6. The van der Waals surface area contributed by atoms with Crippen molar-refractivity contribution >= 4 is 22.6 Å². The van der Waals surface area contributed by atoms with E-state index in [1.807, 2.05) is 13.8 Å². The number of fused-ring (bicyclic) bond motifs is 1. The van der Waals surface area contributed by atoms with Gasteiger partial charge in [0.2, 0.25) is 5.89 Å². The van der Waals surface area contributed by atoms with Crippen LogP contribution in [0.4, 0.5) is 0 Å². The molecule has 136 valence electrons. The molecule has 7 heteroatoms. The Labute approximate surface area is 155 Å². The van der Waals surface area contributed by atoms with E-state index >= 15 is 0 Å². The Morgan fingerprint density at radius 3 is 3.00 bits per heavy atom. The highest BCUT2D eigenvalue weighted by molar-refractivity contribution is 6.31. The number of halogens is 1. The molecule has 0 N–H and O–H groups in total. The summed E-state index contributed by atoms with van der Waals surface area (Å²) in [7, 11) is 0. The van der Waals surface area contributed by atoms with Gasteiger partial charge >= 0.3 is 0 Å². The SMILES string of the molecule is CC(C)c1noc([C@@H]2CCCN2Cc2coc3ccc(Cl)cc3c2=O)n1. The van der Waals surface area contributed by atoms with Gasteiger partial charge < -0.3 is 8.94 Å². The Morgan fingerprint density at radius 2 is 2.23 bits per heavy atom. The molecule has 1 aliphatic rings. The average Bonchev–Trinajstić information content (AvgIpc) is 3.27. The maximum absolute atomic E-state index is 12.8. The molecule has 4 rings (SSSR count). The van der Waals surface area contributed by atoms with E-state index in [0.717, 1.165) is 19.4 Å². The molecule has 6 nitrogen and oxygen atoms in total. The Bertz CT molecular complexity index is 995. The van der Waals surface area contributed by atoms with Crippen molar-refractivity contribution < 1.29 is 8.94 Å². The topological polar surface area (TPSA) is 72.4 Å². The zero-order chi connectivity index (χ0) is 18.3. The van der Waals surface area contributed by atoms with Crippen LogP contribution < -0.4 is 5.43 Å². The first-order chi connectivity index (χ1) is 12.5. The average molecular weight is 374 g/mol. The van der Waals surface area contributed by atoms with Gasteiger partial charge in [-0.1, -0.05) is 30.6 Å². The monoisotopic (exact) mass is 373 g/mol. The zero-order valence-corrected chi connectivity index (χ0v) is 15.5. The molecular weight excluding hydrogens is 354 g/mol. The first-order valence-electron chi connectivity index (χ1n) is 8.80. The summed E-state index contributed by atoms with van der Waals surface area (Å²) in [5, 5.41) is 5.09. The lowest BCUT2D eigenvalue weighted by atomic mass is 10.1. The van der Waals surface area contributed by atoms with E-state index in [-0.39, 0.29) is 17.4 Å². The van der Waals surface area contributed by atoms with Crippen LogP contribution in [0.1, 0.15) is 55.9 Å². The minimum atomic E-state index is -0.0483. The zero-order valence-electron chi connectivity index (χ0n) is 14.7. The summed E-state index contributed by atoms with van der Waals surface area (Å²) >= 11 is 6.03. The largest absolute Gasteiger partial charge is 0.464 e. The Morgan fingerprint density at radius 1 is 1.38 bits per heavy atom. The molecule has 0 unspecified atom stereocenters. The summed E-state index contributed by atoms with van der Waals surface area (Å²) in [5.41, 5.74) is 1.10. The van der Waals surface area contributed by atoms with Crippen molar-refractivity contribution in [3.63, 3.8) is 0 Å². The molecule has 0 saturated carbocycles. The maximum atomic E-state index is 12.8. The van der Waals surface area contributed by atoms with Crippen molar-refractivity contribution in [3.8, 4) is 0 Å². The third-order valence-electron chi connectivity index (χ3n) is 4.80. The van der Waals surface area contributed by atoms with Gasteiger partial charge in [0.15, 0.2) is 11.3 Å². The van der Waals surface area contributed by atoms with Crippen molar-refractivity contribution in [2.24, 2.45) is 0 Å². The summed E-state index contributed by atoms with van der Waals surface area (Å²) in [6, 6.07) is 5.11. The summed E-state index contributed by atoms with van der Waals surface area (Å²) in [4.78, 5) is 19.5. The van der Waals surface area contributed by atoms with E-state index in [2.05, 4.69) is 15.0 Å². The summed E-state index contributed by atoms with van der Waals surface area (Å²) in [6.07, 6.45) is 3.50. The number of hydrogen-bond donors (Lipinski definition) is 0. The van der Waals surface area contributed by atoms with Gasteiger partial charge in [-0.05, 0) is 37.6 Å². The lowest BCUT2D eigenvalue weighted by Crippen LogP contribution is -2.26. The minimum absolute atomic E-state index is 0.0319. The first kappa shape index (κ1) is 17.2. The van der Waals surface area contributed by atoms with E-state index in [1.54, 1.807) is 24.5 Å². The molecule has 26 heavy (non-hydrogen) atoms. The standard InChI is InChI=1S/C19H20ClN3O3/c1-11(2)18-21-19(26-22-18)15-4-3-7-23(15)9-12-10-25-16-6-5-13(20)8-14(16)17(12)24/h5-6,8,10-11,15H,3-4,7,9H2,1-2H3/t15-/m0/s1. The van der Waals surface area contributed by atoms with Crippen LogP contribution in [0, 0.1) is 0 Å². The Kier molecular flexibility index (Phi) is 4.54. The second-order valence-electron chi connectivity index (χ2n) is 7.00. The number of likely N-dealkylation sites (tertiary alicyclic amines) is 1. The lowest BCUT2D eigenvalue weighted by molar-refractivity contribution is 0.199. The summed E-state index contributed by atoms with van der Waals surface area (Å²) < 4.78 is 11.1. The van der Waals surface area contributed by atoms with Gasteiger partial charge in [0.1, 0.15) is 5.58 Å². The van der Waals surface area contributed by atoms with Gasteiger partial charge in [0, 0.05) is 23.0 Å². The predicted octanol–water partition coefficient (Wildman–Crippen LogP) is 4.29. The van der Waals surface area contributed by atoms with Crippen LogP contribution in [-0.2, 0) is 6.54 Å². The number of rotatable bonds is 4. The van der Waals surface area contributed by atoms with Crippen molar-refractivity contribution in [1.29, 1.82) is 0 Å². The molecule has 1 atom stereocenters. The van der Waals surface area contributed by atoms with E-state index in [1.165, 1.54) is 0 Å². The van der Waals surface area contributed by atoms with Crippen molar-refractivity contribution in [1.82, 2.24) is 15.0 Å². The molecule has 1 aromatic carbocycles. The maximum Gasteiger partial charge on any atom is 0.244 e. The Hall–Kier alpha value is -2.18. The van der Waals surface area contributed by atoms with Crippen LogP contribution in [0.15, 0.2) is 38.2 Å². The third-order valence-corrected chi connectivity index (χ3v) is 5.04. The predicted molar refractivity (Wildman–Crippen MR) is 98.3 cm³/mol. The van der Waals surface area contributed by atoms with Gasteiger partial charge in [-0.25, -0.2) is 0 Å². The second kappa shape index (κ2) is 6.85. The van der Waals surface area contributed by atoms with Gasteiger partial charge in [0.05, 0.1) is 17.7 Å². The van der Waals surface area contributed by atoms with Crippen LogP contribution in [0.2, 0.25) is 5.02 Å². The quantitative estimate of drug-likeness (QED) is 0.679. The van der Waals surface area contributed by atoms with Gasteiger partial charge in [-0.3, -0.25) is 9.69 Å². The third kappa shape index (κ3) is 3.15. The van der Waals surface area contributed by atoms with Gasteiger partial charge in [0.25, 0.3) is 0 Å². The van der Waals surface area contributed by atoms with Crippen molar-refractivity contribution in [2.45, 2.75) is 45.2 Å². The van der Waals surface area contributed by atoms with Crippen LogP contribution >= 0.6 is 11.6 Å². The normalized spacial score (nSPS) is 18.2. The van der Waals surface area contributed by atoms with E-state index < -0.39 is 0 Å². The lowest BCUT2D eigenvalue weighted by Gasteiger charge is -2.21. The molecular formula is C19H20ClN3O3. The van der Waals surface area contributed by atoms with Crippen LogP contribution in [0.3, 0.4) is 0 Å². The van der Waals surface area contributed by atoms with E-state index in [4.69, 9.17) is 20.5 Å². The molecule has 0 amide bonds. The van der Waals surface area contributed by atoms with Crippen molar-refractivity contribution in [3.05, 3.63) is 57.0 Å². The molecule has 0 spiro atoms. The van der Waals surface area contributed by atoms with Gasteiger partial charge in [-0.15, -0.1) is 0 Å². The Balaban J connectivity index is 1.62. The molecule has 0 radical (unpaired) electrons. The van der Waals surface area contributed by atoms with Crippen LogP contribution in [-0.4, -0.2) is 21.6 Å². The van der Waals surface area contributed by atoms with Gasteiger partial charge in [-0.2, -0.15) is 4.98 Å². The fourth-order valence-corrected chi connectivity index (χ4v) is 3.56. The highest BCUT2D eigenvalue weighted by atomic mass is 35.5. The van der Waals surface area contributed by atoms with E-state index in [9.17, 15) is 4.79 Å². The molecule has 3 aromatic rings. The minimum Gasteiger partial charge on any atom is -0.464 e. The fourth-order valence-electron chi connectivity index (χ4n) is 3.38. The molecule has 1 aliphatic heterocycles. The summed E-state index contributed by atoms with van der Waals surface area (Å²) in [6.45, 7) is 5.42. The number of aromatic nitrogens is 2. The second-order valence-corrected chi connectivity index (χ2v) is 7.44. The highest BCUT2D eigenvalue weighted by Crippen LogP contribution is 2.32. The number of nitrogens with zero attached hydrogens (tertiary/aromatic N) is 3. The molecule has 1 saturated heterocycles. The van der Waals surface area contributed by atoms with Crippen molar-refractivity contribution in [2.75, 3.05) is 6.54 Å². The molecule has 0 bridgehead atoms. The fraction of sp³-hybridized carbons (Fsp3) is 0.421. The van der Waals surface area contributed by atoms with E-state index in [0.29, 0.717) is 39.8 Å². The molecule has 2 aromatic heterocycles. The smallest absolute Gasteiger partial charge is 0.244 e.